The zero-order chi connectivity index (χ0) is 14.7. The van der Waals surface area contributed by atoms with Gasteiger partial charge in [0.15, 0.2) is 0 Å². The molecule has 0 saturated carbocycles. The first kappa shape index (κ1) is 12.4. The van der Waals surface area contributed by atoms with E-state index in [1.165, 1.54) is 25.2 Å². The Morgan fingerprint density at radius 3 is 2.41 bits per heavy atom. The molecule has 0 unspecified atom stereocenters. The van der Waals surface area contributed by atoms with Gasteiger partial charge >= 0.3 is 0 Å². The zero-order valence-corrected chi connectivity index (χ0v) is 13.8. The van der Waals surface area contributed by atoms with Gasteiger partial charge in [0.05, 0.1) is 16.6 Å². The summed E-state index contributed by atoms with van der Waals surface area (Å²) in [6.45, 7) is 0. The van der Waals surface area contributed by atoms with Crippen molar-refractivity contribution in [1.29, 1.82) is 0 Å². The number of imidazole rings is 1. The van der Waals surface area contributed by atoms with E-state index >= 15 is 0 Å². The maximum absolute atomic E-state index is 4.88. The van der Waals surface area contributed by atoms with Gasteiger partial charge in [-0.3, -0.25) is 4.40 Å². The number of nitrogens with zero attached hydrogens (tertiary/aromatic N) is 2. The molecule has 2 heterocycles. The van der Waals surface area contributed by atoms with Crippen LogP contribution in [0.15, 0.2) is 66.7 Å². The van der Waals surface area contributed by atoms with Crippen LogP contribution in [0.4, 0.5) is 0 Å². The third-order valence-electron chi connectivity index (χ3n) is 4.22. The Bertz CT molecular complexity index is 1190. The highest BCUT2D eigenvalue weighted by atomic mass is 127. The molecule has 2 aromatic heterocycles. The molecule has 0 amide bonds. The fourth-order valence-corrected chi connectivity index (χ4v) is 3.77. The Morgan fingerprint density at radius 2 is 1.50 bits per heavy atom. The quantitative estimate of drug-likeness (QED) is 0.254. The number of rotatable bonds is 0. The van der Waals surface area contributed by atoms with Crippen molar-refractivity contribution in [3.8, 4) is 0 Å². The van der Waals surface area contributed by atoms with Crippen LogP contribution in [-0.4, -0.2) is 9.38 Å². The molecule has 0 aliphatic carbocycles. The van der Waals surface area contributed by atoms with Crippen molar-refractivity contribution < 1.29 is 0 Å². The number of hydrogen-bond acceptors (Lipinski definition) is 1. The highest BCUT2D eigenvalue weighted by Gasteiger charge is 2.12. The molecule has 3 heteroatoms. The normalized spacial score (nSPS) is 11.9. The predicted octanol–water partition coefficient (Wildman–Crippen LogP) is 5.40. The van der Waals surface area contributed by atoms with E-state index in [4.69, 9.17) is 4.98 Å². The summed E-state index contributed by atoms with van der Waals surface area (Å²) in [6, 6.07) is 23.5. The van der Waals surface area contributed by atoms with E-state index in [1.807, 2.05) is 6.07 Å². The predicted molar refractivity (Wildman–Crippen MR) is 100 cm³/mol. The molecule has 0 aliphatic rings. The average Bonchev–Trinajstić information content (AvgIpc) is 2.95. The lowest BCUT2D eigenvalue weighted by Crippen LogP contribution is -1.91. The van der Waals surface area contributed by atoms with Gasteiger partial charge in [0, 0.05) is 14.3 Å². The minimum absolute atomic E-state index is 1.03. The van der Waals surface area contributed by atoms with Gasteiger partial charge in [0.1, 0.15) is 5.65 Å². The highest BCUT2D eigenvalue weighted by molar-refractivity contribution is 14.1. The summed E-state index contributed by atoms with van der Waals surface area (Å²) in [7, 11) is 0. The standard InChI is InChI=1S/C19H11IN2/c20-12-9-10-17-15(11-12)13-5-1-2-6-14(13)19-21-16-7-3-4-8-18(16)22(17)19/h1-11H. The van der Waals surface area contributed by atoms with Crippen molar-refractivity contribution in [1.82, 2.24) is 9.38 Å². The van der Waals surface area contributed by atoms with Gasteiger partial charge in [0.25, 0.3) is 0 Å². The van der Waals surface area contributed by atoms with Crippen LogP contribution in [0.3, 0.4) is 0 Å². The molecule has 0 atom stereocenters. The second-order valence-electron chi connectivity index (χ2n) is 5.47. The average molecular weight is 394 g/mol. The van der Waals surface area contributed by atoms with Gasteiger partial charge in [-0.15, -0.1) is 0 Å². The van der Waals surface area contributed by atoms with Crippen LogP contribution in [-0.2, 0) is 0 Å². The molecule has 0 fully saturated rings. The summed E-state index contributed by atoms with van der Waals surface area (Å²) in [5, 5.41) is 3.74. The van der Waals surface area contributed by atoms with Crippen molar-refractivity contribution >= 4 is 60.9 Å². The lowest BCUT2D eigenvalue weighted by molar-refractivity contribution is 1.31. The number of fused-ring (bicyclic) bond motifs is 8. The largest absolute Gasteiger partial charge is 0.292 e. The van der Waals surface area contributed by atoms with E-state index in [9.17, 15) is 0 Å². The van der Waals surface area contributed by atoms with Crippen LogP contribution in [0.5, 0.6) is 0 Å². The molecule has 3 aromatic carbocycles. The monoisotopic (exact) mass is 394 g/mol. The number of pyridine rings is 1. The van der Waals surface area contributed by atoms with Gasteiger partial charge in [-0.25, -0.2) is 4.98 Å². The van der Waals surface area contributed by atoms with Crippen LogP contribution in [0.2, 0.25) is 0 Å². The van der Waals surface area contributed by atoms with E-state index in [0.717, 1.165) is 16.7 Å². The molecule has 5 aromatic rings. The molecule has 0 radical (unpaired) electrons. The minimum Gasteiger partial charge on any atom is -0.292 e. The second-order valence-corrected chi connectivity index (χ2v) is 6.71. The fourth-order valence-electron chi connectivity index (χ4n) is 3.28. The second kappa shape index (κ2) is 4.43. The molecule has 0 bridgehead atoms. The molecule has 0 saturated heterocycles. The Morgan fingerprint density at radius 1 is 0.727 bits per heavy atom. The molecule has 2 nitrogen and oxygen atoms in total. The summed E-state index contributed by atoms with van der Waals surface area (Å²) < 4.78 is 3.53. The van der Waals surface area contributed by atoms with Crippen molar-refractivity contribution in [2.75, 3.05) is 0 Å². The Balaban J connectivity index is 2.23. The molecule has 0 spiro atoms. The highest BCUT2D eigenvalue weighted by Crippen LogP contribution is 2.32. The lowest BCUT2D eigenvalue weighted by Gasteiger charge is -2.09. The van der Waals surface area contributed by atoms with Crippen molar-refractivity contribution in [3.05, 3.63) is 70.3 Å². The molecule has 0 aliphatic heterocycles. The smallest absolute Gasteiger partial charge is 0.146 e. The number of hydrogen-bond donors (Lipinski definition) is 0. The van der Waals surface area contributed by atoms with Gasteiger partial charge in [-0.1, -0.05) is 36.4 Å². The first-order valence-electron chi connectivity index (χ1n) is 7.20. The number of aromatic nitrogens is 2. The molecule has 0 N–H and O–H groups in total. The lowest BCUT2D eigenvalue weighted by atomic mass is 10.1. The maximum atomic E-state index is 4.88. The first-order valence-corrected chi connectivity index (χ1v) is 8.28. The van der Waals surface area contributed by atoms with Crippen molar-refractivity contribution in [2.45, 2.75) is 0 Å². The summed E-state index contributed by atoms with van der Waals surface area (Å²) in [5.74, 6) is 0. The summed E-state index contributed by atoms with van der Waals surface area (Å²) in [6.07, 6.45) is 0. The minimum atomic E-state index is 1.03. The Kier molecular flexibility index (Phi) is 2.50. The number of benzene rings is 3. The molecular formula is C19H11IN2. The fraction of sp³-hybridized carbons (Fsp3) is 0. The summed E-state index contributed by atoms with van der Waals surface area (Å²) in [4.78, 5) is 4.88. The van der Waals surface area contributed by atoms with Crippen LogP contribution in [0, 0.1) is 3.57 Å². The van der Waals surface area contributed by atoms with Crippen molar-refractivity contribution in [3.63, 3.8) is 0 Å². The Labute approximate surface area is 140 Å². The molecular weight excluding hydrogens is 383 g/mol. The van der Waals surface area contributed by atoms with E-state index in [1.54, 1.807) is 0 Å². The van der Waals surface area contributed by atoms with Crippen LogP contribution in [0.25, 0.3) is 38.4 Å². The summed E-state index contributed by atoms with van der Waals surface area (Å²) in [5.41, 5.74) is 4.45. The van der Waals surface area contributed by atoms with Gasteiger partial charge < -0.3 is 0 Å². The van der Waals surface area contributed by atoms with Crippen LogP contribution in [0.1, 0.15) is 0 Å². The SMILES string of the molecule is Ic1ccc2c(c1)c1ccccc1c1nc3ccccc3n21. The van der Waals surface area contributed by atoms with E-state index in [0.29, 0.717) is 0 Å². The van der Waals surface area contributed by atoms with Crippen LogP contribution < -0.4 is 0 Å². The Hall–Kier alpha value is -2.14. The van der Waals surface area contributed by atoms with E-state index in [2.05, 4.69) is 87.7 Å². The van der Waals surface area contributed by atoms with E-state index in [-0.39, 0.29) is 0 Å². The van der Waals surface area contributed by atoms with Gasteiger partial charge in [0.2, 0.25) is 0 Å². The number of halogens is 1. The first-order chi connectivity index (χ1) is 10.8. The van der Waals surface area contributed by atoms with E-state index < -0.39 is 0 Å². The number of para-hydroxylation sites is 2. The molecule has 22 heavy (non-hydrogen) atoms. The van der Waals surface area contributed by atoms with Gasteiger partial charge in [-0.2, -0.15) is 0 Å². The third kappa shape index (κ3) is 1.57. The maximum Gasteiger partial charge on any atom is 0.146 e. The van der Waals surface area contributed by atoms with Gasteiger partial charge in [-0.05, 0) is 58.3 Å². The van der Waals surface area contributed by atoms with Crippen molar-refractivity contribution in [2.24, 2.45) is 0 Å². The summed E-state index contributed by atoms with van der Waals surface area (Å²) >= 11 is 2.38. The molecule has 5 rings (SSSR count). The van der Waals surface area contributed by atoms with Crippen LogP contribution >= 0.6 is 22.6 Å². The zero-order valence-electron chi connectivity index (χ0n) is 11.6. The third-order valence-corrected chi connectivity index (χ3v) is 4.89. The topological polar surface area (TPSA) is 17.3 Å². The molecule has 104 valence electrons.